The Morgan fingerprint density at radius 3 is 2.77 bits per heavy atom. The minimum absolute atomic E-state index is 0.575. The van der Waals surface area contributed by atoms with Crippen LogP contribution in [0.4, 0.5) is 0 Å². The van der Waals surface area contributed by atoms with Gasteiger partial charge in [0.15, 0.2) is 5.82 Å². The first-order chi connectivity index (χ1) is 10.8. The van der Waals surface area contributed by atoms with E-state index >= 15 is 0 Å². The van der Waals surface area contributed by atoms with Gasteiger partial charge in [0.2, 0.25) is 0 Å². The van der Waals surface area contributed by atoms with Gasteiger partial charge in [0.25, 0.3) is 0 Å². The minimum atomic E-state index is 0.575. The SMILES string of the molecule is C#Cc1cc(C)c(C2CC2)nc1-c1ncc2ccccc2n1. The zero-order chi connectivity index (χ0) is 15.1. The smallest absolute Gasteiger partial charge is 0.180 e. The Labute approximate surface area is 129 Å². The Kier molecular flexibility index (Phi) is 2.90. The largest absolute Gasteiger partial charge is 0.248 e. The van der Waals surface area contributed by atoms with Crippen LogP contribution >= 0.6 is 0 Å². The average molecular weight is 285 g/mol. The summed E-state index contributed by atoms with van der Waals surface area (Å²) in [5, 5.41) is 1.02. The number of aromatic nitrogens is 3. The van der Waals surface area contributed by atoms with Crippen molar-refractivity contribution in [2.24, 2.45) is 0 Å². The van der Waals surface area contributed by atoms with Crippen LogP contribution < -0.4 is 0 Å². The Bertz CT molecular complexity index is 918. The summed E-state index contributed by atoms with van der Waals surface area (Å²) in [6.07, 6.45) is 9.91. The van der Waals surface area contributed by atoms with E-state index < -0.39 is 0 Å². The molecular formula is C19H15N3. The first kappa shape index (κ1) is 13.0. The molecule has 0 unspecified atom stereocenters. The van der Waals surface area contributed by atoms with Crippen LogP contribution in [-0.2, 0) is 0 Å². The van der Waals surface area contributed by atoms with Gasteiger partial charge in [-0.15, -0.1) is 6.42 Å². The third kappa shape index (κ3) is 2.14. The molecule has 0 aliphatic heterocycles. The van der Waals surface area contributed by atoms with Gasteiger partial charge in [0.1, 0.15) is 5.69 Å². The zero-order valence-electron chi connectivity index (χ0n) is 12.4. The van der Waals surface area contributed by atoms with Crippen molar-refractivity contribution in [3.05, 3.63) is 53.3 Å². The number of benzene rings is 1. The molecule has 4 rings (SSSR count). The van der Waals surface area contributed by atoms with Crippen molar-refractivity contribution >= 4 is 10.9 Å². The van der Waals surface area contributed by atoms with Crippen molar-refractivity contribution in [1.82, 2.24) is 15.0 Å². The summed E-state index contributed by atoms with van der Waals surface area (Å²) in [7, 11) is 0. The highest BCUT2D eigenvalue weighted by Gasteiger charge is 2.28. The molecule has 2 heterocycles. The summed E-state index contributed by atoms with van der Waals surface area (Å²) in [5.41, 5.74) is 4.70. The number of fused-ring (bicyclic) bond motifs is 1. The molecule has 1 aromatic carbocycles. The quantitative estimate of drug-likeness (QED) is 0.671. The van der Waals surface area contributed by atoms with Crippen LogP contribution in [0.2, 0.25) is 0 Å². The molecule has 106 valence electrons. The van der Waals surface area contributed by atoms with Crippen molar-refractivity contribution in [2.45, 2.75) is 25.7 Å². The van der Waals surface area contributed by atoms with Crippen LogP contribution in [0.25, 0.3) is 22.4 Å². The maximum atomic E-state index is 5.67. The number of nitrogens with zero attached hydrogens (tertiary/aromatic N) is 3. The number of hydrogen-bond acceptors (Lipinski definition) is 3. The predicted molar refractivity (Wildman–Crippen MR) is 87.4 cm³/mol. The summed E-state index contributed by atoms with van der Waals surface area (Å²) in [5.74, 6) is 3.91. The normalized spacial score (nSPS) is 14.0. The molecule has 0 bridgehead atoms. The lowest BCUT2D eigenvalue weighted by Gasteiger charge is -2.09. The van der Waals surface area contributed by atoms with Gasteiger partial charge >= 0.3 is 0 Å². The molecule has 2 aromatic heterocycles. The zero-order valence-corrected chi connectivity index (χ0v) is 12.4. The van der Waals surface area contributed by atoms with Crippen molar-refractivity contribution < 1.29 is 0 Å². The monoisotopic (exact) mass is 285 g/mol. The van der Waals surface area contributed by atoms with Crippen LogP contribution in [0.15, 0.2) is 36.5 Å². The van der Waals surface area contributed by atoms with Crippen LogP contribution in [0.3, 0.4) is 0 Å². The van der Waals surface area contributed by atoms with Crippen LogP contribution in [0, 0.1) is 19.3 Å². The van der Waals surface area contributed by atoms with E-state index in [4.69, 9.17) is 11.4 Å². The van der Waals surface area contributed by atoms with E-state index in [2.05, 4.69) is 22.8 Å². The molecule has 3 heteroatoms. The standard InChI is InChI=1S/C19H15N3/c1-3-13-10-12(2)17(14-8-9-14)22-18(13)19-20-11-15-6-4-5-7-16(15)21-19/h1,4-7,10-11,14H,8-9H2,2H3. The van der Waals surface area contributed by atoms with Gasteiger partial charge in [0.05, 0.1) is 11.1 Å². The van der Waals surface area contributed by atoms with Crippen molar-refractivity contribution in [3.63, 3.8) is 0 Å². The fourth-order valence-electron chi connectivity index (χ4n) is 2.76. The van der Waals surface area contributed by atoms with Gasteiger partial charge in [-0.05, 0) is 37.5 Å². The summed E-state index contributed by atoms with van der Waals surface area (Å²) in [4.78, 5) is 13.9. The lowest BCUT2D eigenvalue weighted by Crippen LogP contribution is -2.01. The molecule has 0 spiro atoms. The lowest BCUT2D eigenvalue weighted by atomic mass is 10.1. The van der Waals surface area contributed by atoms with Crippen LogP contribution in [0.5, 0.6) is 0 Å². The molecule has 1 saturated carbocycles. The van der Waals surface area contributed by atoms with E-state index in [1.54, 1.807) is 0 Å². The van der Waals surface area contributed by atoms with E-state index in [0.29, 0.717) is 11.7 Å². The Morgan fingerprint density at radius 2 is 2.00 bits per heavy atom. The van der Waals surface area contributed by atoms with Crippen molar-refractivity contribution in [2.75, 3.05) is 0 Å². The fraction of sp³-hybridized carbons (Fsp3) is 0.211. The third-order valence-electron chi connectivity index (χ3n) is 4.07. The summed E-state index contributed by atoms with van der Waals surface area (Å²) in [6, 6.07) is 9.97. The molecule has 0 N–H and O–H groups in total. The van der Waals surface area contributed by atoms with Gasteiger partial charge in [-0.25, -0.2) is 15.0 Å². The number of terminal acetylenes is 1. The highest BCUT2D eigenvalue weighted by atomic mass is 14.9. The summed E-state index contributed by atoms with van der Waals surface area (Å²) >= 11 is 0. The van der Waals surface area contributed by atoms with Crippen molar-refractivity contribution in [3.8, 4) is 23.9 Å². The number of rotatable bonds is 2. The van der Waals surface area contributed by atoms with E-state index in [1.165, 1.54) is 18.4 Å². The minimum Gasteiger partial charge on any atom is -0.248 e. The maximum absolute atomic E-state index is 5.67. The Balaban J connectivity index is 1.92. The average Bonchev–Trinajstić information content (AvgIpc) is 3.39. The molecule has 0 radical (unpaired) electrons. The van der Waals surface area contributed by atoms with E-state index in [-0.39, 0.29) is 0 Å². The van der Waals surface area contributed by atoms with E-state index in [0.717, 1.165) is 27.9 Å². The third-order valence-corrected chi connectivity index (χ3v) is 4.07. The van der Waals surface area contributed by atoms with E-state index in [1.807, 2.05) is 36.5 Å². The summed E-state index contributed by atoms with van der Waals surface area (Å²) in [6.45, 7) is 2.08. The van der Waals surface area contributed by atoms with E-state index in [9.17, 15) is 0 Å². The molecule has 3 nitrogen and oxygen atoms in total. The predicted octanol–water partition coefficient (Wildman–Crippen LogP) is 3.86. The molecule has 1 aliphatic rings. The van der Waals surface area contributed by atoms with Crippen LogP contribution in [0.1, 0.15) is 35.6 Å². The second-order valence-corrected chi connectivity index (χ2v) is 5.76. The summed E-state index contributed by atoms with van der Waals surface area (Å²) < 4.78 is 0. The first-order valence-electron chi connectivity index (χ1n) is 7.46. The lowest BCUT2D eigenvalue weighted by molar-refractivity contribution is 0.988. The van der Waals surface area contributed by atoms with Crippen molar-refractivity contribution in [1.29, 1.82) is 0 Å². The second kappa shape index (κ2) is 4.92. The Hall–Kier alpha value is -2.73. The van der Waals surface area contributed by atoms with Gasteiger partial charge in [-0.3, -0.25) is 0 Å². The van der Waals surface area contributed by atoms with Gasteiger partial charge in [-0.2, -0.15) is 0 Å². The first-order valence-corrected chi connectivity index (χ1v) is 7.46. The molecule has 0 amide bonds. The number of aryl methyl sites for hydroxylation is 1. The number of hydrogen-bond donors (Lipinski definition) is 0. The van der Waals surface area contributed by atoms with Gasteiger partial charge in [0, 0.05) is 23.2 Å². The number of pyridine rings is 1. The fourth-order valence-corrected chi connectivity index (χ4v) is 2.76. The Morgan fingerprint density at radius 1 is 1.18 bits per heavy atom. The highest BCUT2D eigenvalue weighted by Crippen LogP contribution is 2.41. The molecular weight excluding hydrogens is 270 g/mol. The molecule has 1 aliphatic carbocycles. The topological polar surface area (TPSA) is 38.7 Å². The van der Waals surface area contributed by atoms with Crippen LogP contribution in [-0.4, -0.2) is 15.0 Å². The highest BCUT2D eigenvalue weighted by molar-refractivity contribution is 5.79. The number of para-hydroxylation sites is 1. The molecule has 22 heavy (non-hydrogen) atoms. The second-order valence-electron chi connectivity index (χ2n) is 5.76. The maximum Gasteiger partial charge on any atom is 0.180 e. The molecule has 0 saturated heterocycles. The molecule has 1 fully saturated rings. The van der Waals surface area contributed by atoms with Gasteiger partial charge < -0.3 is 0 Å². The molecule has 3 aromatic rings. The van der Waals surface area contributed by atoms with Gasteiger partial charge in [-0.1, -0.05) is 24.1 Å². The molecule has 0 atom stereocenters.